The fourth-order valence-corrected chi connectivity index (χ4v) is 3.50. The number of nitrogen functional groups attached to an aromatic ring is 1. The Labute approximate surface area is 169 Å². The van der Waals surface area contributed by atoms with E-state index in [1.54, 1.807) is 24.3 Å². The standard InChI is InChI=1S/C19H17N7O2S/c1-28-13-8-4-2-6-11(13)18(27)26-25-17-15(20)16(21-10-22-17)24-19-23-12-7-3-5-9-14(12)29-19/h2-10H,20H2,1H3,(H,26,27)(H2,21,22,23,24,25). The summed E-state index contributed by atoms with van der Waals surface area (Å²) in [5.74, 6) is 0.710. The number of anilines is 4. The van der Waals surface area contributed by atoms with Gasteiger partial charge in [0.05, 0.1) is 22.9 Å². The number of para-hydroxylation sites is 2. The second-order valence-corrected chi connectivity index (χ2v) is 6.91. The number of thiazole rings is 1. The van der Waals surface area contributed by atoms with E-state index in [1.807, 2.05) is 24.3 Å². The van der Waals surface area contributed by atoms with E-state index < -0.39 is 0 Å². The Kier molecular flexibility index (Phi) is 5.08. The zero-order chi connectivity index (χ0) is 20.2. The van der Waals surface area contributed by atoms with Crippen molar-refractivity contribution in [2.75, 3.05) is 23.6 Å². The van der Waals surface area contributed by atoms with Crippen molar-refractivity contribution in [2.24, 2.45) is 0 Å². The van der Waals surface area contributed by atoms with Gasteiger partial charge in [-0.25, -0.2) is 15.0 Å². The predicted molar refractivity (Wildman–Crippen MR) is 113 cm³/mol. The highest BCUT2D eigenvalue weighted by atomic mass is 32.1. The summed E-state index contributed by atoms with van der Waals surface area (Å²) in [7, 11) is 1.50. The van der Waals surface area contributed by atoms with Gasteiger partial charge in [0.15, 0.2) is 16.8 Å². The SMILES string of the molecule is COc1ccccc1C(=O)NNc1ncnc(Nc2nc3ccccc3s2)c1N. The number of carbonyl (C=O) groups is 1. The lowest BCUT2D eigenvalue weighted by Gasteiger charge is -2.13. The molecule has 2 aromatic heterocycles. The van der Waals surface area contributed by atoms with Gasteiger partial charge in [-0.15, -0.1) is 0 Å². The number of nitrogens with one attached hydrogen (secondary N) is 3. The quantitative estimate of drug-likeness (QED) is 0.359. The maximum atomic E-state index is 12.4. The van der Waals surface area contributed by atoms with Gasteiger partial charge in [-0.2, -0.15) is 0 Å². The van der Waals surface area contributed by atoms with E-state index >= 15 is 0 Å². The molecule has 2 heterocycles. The maximum Gasteiger partial charge on any atom is 0.273 e. The molecule has 9 nitrogen and oxygen atoms in total. The number of amides is 1. The van der Waals surface area contributed by atoms with Gasteiger partial charge in [0, 0.05) is 0 Å². The van der Waals surface area contributed by atoms with Gasteiger partial charge in [0.1, 0.15) is 17.8 Å². The van der Waals surface area contributed by atoms with E-state index in [9.17, 15) is 4.79 Å². The summed E-state index contributed by atoms with van der Waals surface area (Å²) in [6.07, 6.45) is 1.34. The first-order valence-corrected chi connectivity index (χ1v) is 9.40. The fraction of sp³-hybridized carbons (Fsp3) is 0.0526. The lowest BCUT2D eigenvalue weighted by molar-refractivity contribution is 0.0959. The summed E-state index contributed by atoms with van der Waals surface area (Å²) in [5.41, 5.74) is 13.0. The number of hydrogen-bond acceptors (Lipinski definition) is 9. The first kappa shape index (κ1) is 18.4. The first-order valence-electron chi connectivity index (χ1n) is 8.58. The number of ether oxygens (including phenoxy) is 1. The molecule has 1 amide bonds. The average Bonchev–Trinajstić information content (AvgIpc) is 3.16. The highest BCUT2D eigenvalue weighted by Gasteiger charge is 2.14. The molecule has 10 heteroatoms. The third-order valence-electron chi connectivity index (χ3n) is 4.05. The van der Waals surface area contributed by atoms with Crippen LogP contribution in [-0.2, 0) is 0 Å². The summed E-state index contributed by atoms with van der Waals surface area (Å²) >= 11 is 1.48. The minimum absolute atomic E-state index is 0.243. The summed E-state index contributed by atoms with van der Waals surface area (Å²) in [4.78, 5) is 25.2. The van der Waals surface area contributed by atoms with Crippen LogP contribution in [0, 0.1) is 0 Å². The van der Waals surface area contributed by atoms with Gasteiger partial charge in [-0.05, 0) is 24.3 Å². The molecular formula is C19H17N7O2S. The number of aromatic nitrogens is 3. The number of benzene rings is 2. The summed E-state index contributed by atoms with van der Waals surface area (Å²) in [6, 6.07) is 14.7. The molecule has 0 atom stereocenters. The molecule has 0 spiro atoms. The number of fused-ring (bicyclic) bond motifs is 1. The lowest BCUT2D eigenvalue weighted by Crippen LogP contribution is -2.30. The molecule has 0 radical (unpaired) electrons. The van der Waals surface area contributed by atoms with Crippen LogP contribution in [0.5, 0.6) is 5.75 Å². The van der Waals surface area contributed by atoms with Crippen molar-refractivity contribution in [1.29, 1.82) is 0 Å². The number of nitrogens with two attached hydrogens (primary N) is 1. The minimum Gasteiger partial charge on any atom is -0.496 e. The monoisotopic (exact) mass is 407 g/mol. The lowest BCUT2D eigenvalue weighted by atomic mass is 10.2. The molecule has 2 aromatic carbocycles. The number of methoxy groups -OCH3 is 1. The van der Waals surface area contributed by atoms with Crippen LogP contribution in [0.1, 0.15) is 10.4 Å². The van der Waals surface area contributed by atoms with Crippen molar-refractivity contribution < 1.29 is 9.53 Å². The molecule has 0 fully saturated rings. The molecule has 4 rings (SSSR count). The zero-order valence-corrected chi connectivity index (χ0v) is 16.2. The van der Waals surface area contributed by atoms with Crippen LogP contribution in [0.2, 0.25) is 0 Å². The van der Waals surface area contributed by atoms with E-state index in [4.69, 9.17) is 10.5 Å². The Morgan fingerprint density at radius 2 is 1.83 bits per heavy atom. The smallest absolute Gasteiger partial charge is 0.273 e. The zero-order valence-electron chi connectivity index (χ0n) is 15.3. The highest BCUT2D eigenvalue weighted by molar-refractivity contribution is 7.22. The predicted octanol–water partition coefficient (Wildman–Crippen LogP) is 3.18. The van der Waals surface area contributed by atoms with Crippen molar-refractivity contribution in [1.82, 2.24) is 20.4 Å². The molecule has 0 saturated carbocycles. The summed E-state index contributed by atoms with van der Waals surface area (Å²) in [5, 5.41) is 3.75. The Morgan fingerprint density at radius 1 is 1.07 bits per heavy atom. The van der Waals surface area contributed by atoms with E-state index in [0.717, 1.165) is 10.2 Å². The van der Waals surface area contributed by atoms with Gasteiger partial charge in [0.2, 0.25) is 0 Å². The average molecular weight is 407 g/mol. The van der Waals surface area contributed by atoms with Crippen molar-refractivity contribution in [3.05, 3.63) is 60.4 Å². The number of hydrogen-bond donors (Lipinski definition) is 4. The Hall–Kier alpha value is -3.92. The molecule has 0 saturated heterocycles. The van der Waals surface area contributed by atoms with Gasteiger partial charge in [-0.1, -0.05) is 35.6 Å². The van der Waals surface area contributed by atoms with Gasteiger partial charge in [-0.3, -0.25) is 15.6 Å². The number of hydrazine groups is 1. The van der Waals surface area contributed by atoms with E-state index in [0.29, 0.717) is 22.3 Å². The third-order valence-corrected chi connectivity index (χ3v) is 5.00. The van der Waals surface area contributed by atoms with Crippen LogP contribution in [0.25, 0.3) is 10.2 Å². The van der Waals surface area contributed by atoms with Crippen molar-refractivity contribution >= 4 is 49.9 Å². The molecule has 0 bridgehead atoms. The van der Waals surface area contributed by atoms with Crippen LogP contribution >= 0.6 is 11.3 Å². The van der Waals surface area contributed by atoms with Crippen LogP contribution in [-0.4, -0.2) is 28.0 Å². The Balaban J connectivity index is 1.50. The van der Waals surface area contributed by atoms with Crippen molar-refractivity contribution in [3.8, 4) is 5.75 Å². The van der Waals surface area contributed by atoms with Crippen molar-refractivity contribution in [2.45, 2.75) is 0 Å². The molecule has 5 N–H and O–H groups in total. The second-order valence-electron chi connectivity index (χ2n) is 5.88. The molecule has 0 aliphatic rings. The maximum absolute atomic E-state index is 12.4. The highest BCUT2D eigenvalue weighted by Crippen LogP contribution is 2.30. The molecule has 4 aromatic rings. The topological polar surface area (TPSA) is 127 Å². The normalized spacial score (nSPS) is 10.5. The van der Waals surface area contributed by atoms with Gasteiger partial charge >= 0.3 is 0 Å². The van der Waals surface area contributed by atoms with E-state index in [1.165, 1.54) is 24.8 Å². The number of nitrogens with zero attached hydrogens (tertiary/aromatic N) is 3. The molecule has 0 unspecified atom stereocenters. The van der Waals surface area contributed by atoms with E-state index in [2.05, 4.69) is 31.1 Å². The molecule has 0 aliphatic heterocycles. The van der Waals surface area contributed by atoms with Crippen LogP contribution < -0.4 is 26.6 Å². The summed E-state index contributed by atoms with van der Waals surface area (Å²) < 4.78 is 6.24. The Morgan fingerprint density at radius 3 is 2.66 bits per heavy atom. The fourth-order valence-electron chi connectivity index (χ4n) is 2.64. The van der Waals surface area contributed by atoms with Gasteiger partial charge < -0.3 is 15.8 Å². The third kappa shape index (κ3) is 3.87. The van der Waals surface area contributed by atoms with Gasteiger partial charge in [0.25, 0.3) is 5.91 Å². The second kappa shape index (κ2) is 7.98. The van der Waals surface area contributed by atoms with Crippen LogP contribution in [0.4, 0.5) is 22.5 Å². The van der Waals surface area contributed by atoms with Crippen LogP contribution in [0.3, 0.4) is 0 Å². The molecule has 29 heavy (non-hydrogen) atoms. The number of rotatable bonds is 6. The molecular weight excluding hydrogens is 390 g/mol. The van der Waals surface area contributed by atoms with E-state index in [-0.39, 0.29) is 17.4 Å². The van der Waals surface area contributed by atoms with Crippen molar-refractivity contribution in [3.63, 3.8) is 0 Å². The largest absolute Gasteiger partial charge is 0.496 e. The molecule has 146 valence electrons. The summed E-state index contributed by atoms with van der Waals surface area (Å²) in [6.45, 7) is 0. The van der Waals surface area contributed by atoms with Crippen LogP contribution in [0.15, 0.2) is 54.9 Å². The molecule has 0 aliphatic carbocycles. The number of carbonyl (C=O) groups excluding carboxylic acids is 1. The Bertz CT molecular complexity index is 1150. The minimum atomic E-state index is -0.388. The first-order chi connectivity index (χ1) is 14.2.